The van der Waals surface area contributed by atoms with E-state index in [-0.39, 0.29) is 11.5 Å². The Morgan fingerprint density at radius 3 is 2.32 bits per heavy atom. The van der Waals surface area contributed by atoms with Gasteiger partial charge in [0.1, 0.15) is 0 Å². The van der Waals surface area contributed by atoms with Crippen LogP contribution in [0.4, 0.5) is 11.4 Å². The first-order valence-electron chi connectivity index (χ1n) is 7.96. The van der Waals surface area contributed by atoms with Crippen LogP contribution in [0.2, 0.25) is 0 Å². The van der Waals surface area contributed by atoms with Gasteiger partial charge in [-0.3, -0.25) is 0 Å². The number of anilines is 2. The molecule has 2 atom stereocenters. The molecule has 0 bridgehead atoms. The summed E-state index contributed by atoms with van der Waals surface area (Å²) in [5, 5.41) is 13.8. The van der Waals surface area contributed by atoms with Crippen LogP contribution in [0.15, 0.2) is 54.6 Å². The molecule has 1 heterocycles. The number of rotatable bonds is 3. The third-order valence-corrected chi connectivity index (χ3v) is 6.18. The van der Waals surface area contributed by atoms with Crippen molar-refractivity contribution in [3.05, 3.63) is 60.2 Å². The number of aryl methyl sites for hydroxylation is 1. The predicted octanol–water partition coefficient (Wildman–Crippen LogP) is 2.36. The summed E-state index contributed by atoms with van der Waals surface area (Å²) in [6.07, 6.45) is -0.983. The molecule has 0 unspecified atom stereocenters. The van der Waals surface area contributed by atoms with E-state index in [2.05, 4.69) is 5.32 Å². The SMILES string of the molecule is Cc1ccc(NC(=S)N(c2ccccc2)[C@H]2CS(=O)(=O)C[C@@H]2O)cc1. The standard InChI is InChI=1S/C18H20N2O3S2/c1-13-7-9-14(10-8-13)19-18(24)20(15-5-3-2-4-6-15)16-11-25(22,23)12-17(16)21/h2-10,16-17,21H,11-12H2,1H3,(H,19,24)/t16-,17-/m0/s1. The zero-order valence-corrected chi connectivity index (χ0v) is 15.4. The van der Waals surface area contributed by atoms with Crippen molar-refractivity contribution in [3.8, 4) is 0 Å². The minimum Gasteiger partial charge on any atom is -0.390 e. The van der Waals surface area contributed by atoms with Gasteiger partial charge in [0.2, 0.25) is 0 Å². The van der Waals surface area contributed by atoms with E-state index in [1.54, 1.807) is 4.90 Å². The molecular formula is C18H20N2O3S2. The van der Waals surface area contributed by atoms with Gasteiger partial charge in [0.05, 0.1) is 23.7 Å². The molecule has 1 fully saturated rings. The monoisotopic (exact) mass is 376 g/mol. The summed E-state index contributed by atoms with van der Waals surface area (Å²) < 4.78 is 23.9. The van der Waals surface area contributed by atoms with Gasteiger partial charge >= 0.3 is 0 Å². The zero-order chi connectivity index (χ0) is 18.0. The number of aliphatic hydroxyl groups is 1. The Morgan fingerprint density at radius 2 is 1.76 bits per heavy atom. The van der Waals surface area contributed by atoms with Crippen LogP contribution >= 0.6 is 12.2 Å². The second kappa shape index (κ2) is 7.11. The summed E-state index contributed by atoms with van der Waals surface area (Å²) in [6.45, 7) is 2.00. The lowest BCUT2D eigenvalue weighted by atomic mass is 10.1. The fourth-order valence-electron chi connectivity index (χ4n) is 2.93. The van der Waals surface area contributed by atoms with E-state index < -0.39 is 22.0 Å². The number of thiocarbonyl (C=S) groups is 1. The highest BCUT2D eigenvalue weighted by atomic mass is 32.2. The van der Waals surface area contributed by atoms with Gasteiger partial charge in [-0.1, -0.05) is 35.9 Å². The topological polar surface area (TPSA) is 69.6 Å². The fraction of sp³-hybridized carbons (Fsp3) is 0.278. The molecule has 0 aliphatic carbocycles. The number of para-hydroxylation sites is 1. The number of benzene rings is 2. The first-order valence-corrected chi connectivity index (χ1v) is 10.2. The molecule has 7 heteroatoms. The molecule has 5 nitrogen and oxygen atoms in total. The van der Waals surface area contributed by atoms with Crippen LogP contribution in [0.3, 0.4) is 0 Å². The number of nitrogens with one attached hydrogen (secondary N) is 1. The molecule has 0 spiro atoms. The summed E-state index contributed by atoms with van der Waals surface area (Å²) in [5.74, 6) is -0.368. The van der Waals surface area contributed by atoms with Crippen molar-refractivity contribution in [3.63, 3.8) is 0 Å². The average molecular weight is 377 g/mol. The molecule has 0 saturated carbocycles. The number of hydrogen-bond acceptors (Lipinski definition) is 4. The maximum absolute atomic E-state index is 12.0. The summed E-state index contributed by atoms with van der Waals surface area (Å²) in [4.78, 5) is 1.70. The summed E-state index contributed by atoms with van der Waals surface area (Å²) in [5.41, 5.74) is 2.69. The summed E-state index contributed by atoms with van der Waals surface area (Å²) in [7, 11) is -3.29. The molecule has 2 aromatic carbocycles. The van der Waals surface area contributed by atoms with Gasteiger partial charge in [-0.15, -0.1) is 0 Å². The van der Waals surface area contributed by atoms with Gasteiger partial charge in [0.15, 0.2) is 14.9 Å². The molecule has 1 aliphatic heterocycles. The minimum absolute atomic E-state index is 0.126. The van der Waals surface area contributed by atoms with Crippen LogP contribution in [0, 0.1) is 6.92 Å². The van der Waals surface area contributed by atoms with Gasteiger partial charge in [-0.2, -0.15) is 0 Å². The van der Waals surface area contributed by atoms with Crippen LogP contribution in [-0.2, 0) is 9.84 Å². The van der Waals surface area contributed by atoms with Crippen LogP contribution in [0.25, 0.3) is 0 Å². The van der Waals surface area contributed by atoms with E-state index in [1.165, 1.54) is 0 Å². The third-order valence-electron chi connectivity index (χ3n) is 4.18. The van der Waals surface area contributed by atoms with Crippen molar-refractivity contribution in [2.75, 3.05) is 21.7 Å². The summed E-state index contributed by atoms with van der Waals surface area (Å²) >= 11 is 5.55. The Labute approximate surface area is 153 Å². The normalized spacial score (nSPS) is 21.7. The van der Waals surface area contributed by atoms with Crippen molar-refractivity contribution in [2.45, 2.75) is 19.1 Å². The van der Waals surface area contributed by atoms with Gasteiger partial charge in [0.25, 0.3) is 0 Å². The lowest BCUT2D eigenvalue weighted by Crippen LogP contribution is -2.48. The minimum atomic E-state index is -3.29. The van der Waals surface area contributed by atoms with Crippen molar-refractivity contribution in [1.29, 1.82) is 0 Å². The molecule has 1 aliphatic rings. The number of sulfone groups is 1. The molecule has 0 aromatic heterocycles. The van der Waals surface area contributed by atoms with E-state index >= 15 is 0 Å². The first kappa shape index (κ1) is 17.8. The number of nitrogens with zero attached hydrogens (tertiary/aromatic N) is 1. The van der Waals surface area contributed by atoms with Crippen molar-refractivity contribution < 1.29 is 13.5 Å². The highest BCUT2D eigenvalue weighted by molar-refractivity contribution is 7.91. The Kier molecular flexibility index (Phi) is 5.08. The number of aliphatic hydroxyl groups excluding tert-OH is 1. The molecule has 3 rings (SSSR count). The average Bonchev–Trinajstić information content (AvgIpc) is 2.83. The number of hydrogen-bond donors (Lipinski definition) is 2. The Hall–Kier alpha value is -1.96. The zero-order valence-electron chi connectivity index (χ0n) is 13.8. The predicted molar refractivity (Wildman–Crippen MR) is 105 cm³/mol. The van der Waals surface area contributed by atoms with Crippen molar-refractivity contribution in [1.82, 2.24) is 0 Å². The molecule has 0 radical (unpaired) electrons. The third kappa shape index (κ3) is 4.18. The lowest BCUT2D eigenvalue weighted by molar-refractivity contribution is 0.184. The van der Waals surface area contributed by atoms with Gasteiger partial charge in [-0.25, -0.2) is 8.42 Å². The van der Waals surface area contributed by atoms with Crippen LogP contribution in [-0.4, -0.2) is 42.3 Å². The van der Waals surface area contributed by atoms with E-state index in [4.69, 9.17) is 12.2 Å². The van der Waals surface area contributed by atoms with E-state index in [0.717, 1.165) is 16.9 Å². The second-order valence-electron chi connectivity index (χ2n) is 6.21. The first-order chi connectivity index (χ1) is 11.9. The molecule has 25 heavy (non-hydrogen) atoms. The van der Waals surface area contributed by atoms with Gasteiger partial charge in [0, 0.05) is 11.4 Å². The van der Waals surface area contributed by atoms with Crippen LogP contribution < -0.4 is 10.2 Å². The lowest BCUT2D eigenvalue weighted by Gasteiger charge is -2.32. The molecule has 1 saturated heterocycles. The van der Waals surface area contributed by atoms with Crippen LogP contribution in [0.5, 0.6) is 0 Å². The molecular weight excluding hydrogens is 356 g/mol. The quantitative estimate of drug-likeness (QED) is 0.802. The Balaban J connectivity index is 1.91. The van der Waals surface area contributed by atoms with Crippen molar-refractivity contribution >= 4 is 38.5 Å². The molecule has 2 N–H and O–H groups in total. The smallest absolute Gasteiger partial charge is 0.178 e. The van der Waals surface area contributed by atoms with Gasteiger partial charge in [-0.05, 0) is 43.4 Å². The molecule has 0 amide bonds. The second-order valence-corrected chi connectivity index (χ2v) is 8.75. The highest BCUT2D eigenvalue weighted by Crippen LogP contribution is 2.26. The fourth-order valence-corrected chi connectivity index (χ4v) is 5.05. The molecule has 2 aromatic rings. The molecule has 132 valence electrons. The summed E-state index contributed by atoms with van der Waals surface area (Å²) in [6, 6.07) is 16.4. The van der Waals surface area contributed by atoms with E-state index in [1.807, 2.05) is 61.5 Å². The highest BCUT2D eigenvalue weighted by Gasteiger charge is 2.41. The largest absolute Gasteiger partial charge is 0.390 e. The van der Waals surface area contributed by atoms with Crippen LogP contribution in [0.1, 0.15) is 5.56 Å². The van der Waals surface area contributed by atoms with Crippen molar-refractivity contribution in [2.24, 2.45) is 0 Å². The Morgan fingerprint density at radius 1 is 1.12 bits per heavy atom. The maximum Gasteiger partial charge on any atom is 0.178 e. The van der Waals surface area contributed by atoms with Gasteiger partial charge < -0.3 is 15.3 Å². The van der Waals surface area contributed by atoms with E-state index in [0.29, 0.717) is 5.11 Å². The maximum atomic E-state index is 12.0. The Bertz CT molecular complexity index is 852. The van der Waals surface area contributed by atoms with E-state index in [9.17, 15) is 13.5 Å².